The smallest absolute Gasteiger partial charge is 0.285 e. The Bertz CT molecular complexity index is 597. The number of carbonyl (C=O) groups excluding carboxylic acids is 1. The molecule has 0 aromatic heterocycles. The van der Waals surface area contributed by atoms with Crippen molar-refractivity contribution in [2.75, 3.05) is 6.61 Å². The van der Waals surface area contributed by atoms with Crippen molar-refractivity contribution in [2.24, 2.45) is 0 Å². The third-order valence-electron chi connectivity index (χ3n) is 1.99. The molecule has 0 aliphatic heterocycles. The van der Waals surface area contributed by atoms with Crippen LogP contribution < -0.4 is 4.74 Å². The van der Waals surface area contributed by atoms with Crippen molar-refractivity contribution in [3.8, 4) is 5.75 Å². The number of benzene rings is 1. The minimum atomic E-state index is -4.15. The van der Waals surface area contributed by atoms with Gasteiger partial charge in [0.25, 0.3) is 14.7 Å². The molecule has 0 saturated carbocycles. The van der Waals surface area contributed by atoms with E-state index in [0.29, 0.717) is 6.07 Å². The summed E-state index contributed by atoms with van der Waals surface area (Å²) in [7, 11) is 0.956. The Kier molecular flexibility index (Phi) is 4.25. The molecule has 0 radical (unpaired) electrons. The van der Waals surface area contributed by atoms with E-state index in [1.54, 1.807) is 6.92 Å². The summed E-state index contributed by atoms with van der Waals surface area (Å²) in [5.41, 5.74) is -0.999. The number of hydrogen-bond acceptors (Lipinski definition) is 6. The van der Waals surface area contributed by atoms with Gasteiger partial charge in [0, 0.05) is 22.8 Å². The van der Waals surface area contributed by atoms with E-state index in [4.69, 9.17) is 15.4 Å². The van der Waals surface area contributed by atoms with Crippen LogP contribution in [0.15, 0.2) is 17.0 Å². The van der Waals surface area contributed by atoms with Crippen molar-refractivity contribution in [1.82, 2.24) is 0 Å². The van der Waals surface area contributed by atoms with E-state index in [-0.39, 0.29) is 24.2 Å². The fourth-order valence-electron chi connectivity index (χ4n) is 1.27. The van der Waals surface area contributed by atoms with Crippen LogP contribution in [0.25, 0.3) is 0 Å². The molecule has 0 spiro atoms. The normalized spacial score (nSPS) is 11.0. The summed E-state index contributed by atoms with van der Waals surface area (Å²) in [6, 6.07) is 1.69. The van der Waals surface area contributed by atoms with Crippen LogP contribution in [-0.4, -0.2) is 26.2 Å². The summed E-state index contributed by atoms with van der Waals surface area (Å²) in [5.74, 6) is -0.194. The zero-order valence-electron chi connectivity index (χ0n) is 9.12. The van der Waals surface area contributed by atoms with Gasteiger partial charge in [0.05, 0.1) is 16.4 Å². The lowest BCUT2D eigenvalue weighted by Gasteiger charge is -2.08. The fraction of sp³-hybridized carbons (Fsp3) is 0.222. The van der Waals surface area contributed by atoms with Crippen molar-refractivity contribution in [2.45, 2.75) is 11.8 Å². The van der Waals surface area contributed by atoms with Gasteiger partial charge in [-0.05, 0) is 6.92 Å². The molecule has 1 rings (SSSR count). The number of carbonyl (C=O) groups is 1. The third-order valence-corrected chi connectivity index (χ3v) is 3.32. The van der Waals surface area contributed by atoms with Crippen LogP contribution in [0.3, 0.4) is 0 Å². The van der Waals surface area contributed by atoms with Gasteiger partial charge in [-0.15, -0.1) is 0 Å². The van der Waals surface area contributed by atoms with Gasteiger partial charge < -0.3 is 4.74 Å². The van der Waals surface area contributed by atoms with E-state index in [9.17, 15) is 23.3 Å². The zero-order valence-corrected chi connectivity index (χ0v) is 10.7. The molecule has 0 N–H and O–H groups in total. The van der Waals surface area contributed by atoms with Crippen LogP contribution in [0.4, 0.5) is 5.69 Å². The highest BCUT2D eigenvalue weighted by Crippen LogP contribution is 2.32. The highest BCUT2D eigenvalue weighted by Gasteiger charge is 2.24. The van der Waals surface area contributed by atoms with E-state index < -0.39 is 24.6 Å². The summed E-state index contributed by atoms with van der Waals surface area (Å²) in [4.78, 5) is 20.2. The second-order valence-electron chi connectivity index (χ2n) is 3.10. The molecular weight excluding hydrogens is 286 g/mol. The maximum absolute atomic E-state index is 11.2. The van der Waals surface area contributed by atoms with E-state index >= 15 is 0 Å². The first-order chi connectivity index (χ1) is 8.31. The molecule has 0 unspecified atom stereocenters. The molecule has 0 bridgehead atoms. The van der Waals surface area contributed by atoms with Gasteiger partial charge in [0.1, 0.15) is 11.3 Å². The zero-order chi connectivity index (χ0) is 13.9. The van der Waals surface area contributed by atoms with Crippen molar-refractivity contribution in [3.63, 3.8) is 0 Å². The standard InChI is InChI=1S/C9H8ClNO6S/c1-2-17-9-4-6(18(10,15)16)3-8(11(13)14)7(9)5-12/h3-5H,2H2,1H3. The average Bonchev–Trinajstić information content (AvgIpc) is 2.27. The van der Waals surface area contributed by atoms with Crippen LogP contribution >= 0.6 is 10.7 Å². The fourth-order valence-corrected chi connectivity index (χ4v) is 2.04. The molecule has 98 valence electrons. The van der Waals surface area contributed by atoms with Crippen molar-refractivity contribution in [3.05, 3.63) is 27.8 Å². The minimum Gasteiger partial charge on any atom is -0.493 e. The monoisotopic (exact) mass is 293 g/mol. The van der Waals surface area contributed by atoms with Gasteiger partial charge in [-0.1, -0.05) is 0 Å². The first kappa shape index (κ1) is 14.4. The first-order valence-corrected chi connectivity index (χ1v) is 6.97. The van der Waals surface area contributed by atoms with Gasteiger partial charge in [-0.3, -0.25) is 14.9 Å². The van der Waals surface area contributed by atoms with Crippen LogP contribution in [-0.2, 0) is 9.05 Å². The second kappa shape index (κ2) is 5.32. The lowest BCUT2D eigenvalue weighted by molar-refractivity contribution is -0.385. The third kappa shape index (κ3) is 2.96. The van der Waals surface area contributed by atoms with Crippen molar-refractivity contribution >= 4 is 31.7 Å². The quantitative estimate of drug-likeness (QED) is 0.354. The summed E-state index contributed by atoms with van der Waals surface area (Å²) in [5, 5.41) is 10.8. The molecule has 0 fully saturated rings. The van der Waals surface area contributed by atoms with Crippen molar-refractivity contribution in [1.29, 1.82) is 0 Å². The molecule has 0 aliphatic carbocycles. The molecule has 7 nitrogen and oxygen atoms in total. The maximum Gasteiger partial charge on any atom is 0.285 e. The molecule has 0 atom stereocenters. The number of nitrogens with zero attached hydrogens (tertiary/aromatic N) is 1. The maximum atomic E-state index is 11.2. The molecular formula is C9H8ClNO6S. The van der Waals surface area contributed by atoms with Crippen LogP contribution in [0.1, 0.15) is 17.3 Å². The molecule has 0 saturated heterocycles. The summed E-state index contributed by atoms with van der Waals surface area (Å²) < 4.78 is 27.3. The number of nitro benzene ring substituents is 1. The second-order valence-corrected chi connectivity index (χ2v) is 5.67. The summed E-state index contributed by atoms with van der Waals surface area (Å²) >= 11 is 0. The average molecular weight is 294 g/mol. The molecule has 0 heterocycles. The lowest BCUT2D eigenvalue weighted by atomic mass is 10.2. The molecule has 0 aliphatic rings. The minimum absolute atomic E-state index is 0.115. The summed E-state index contributed by atoms with van der Waals surface area (Å²) in [6.07, 6.45) is 0.230. The number of ether oxygens (including phenoxy) is 1. The summed E-state index contributed by atoms with van der Waals surface area (Å²) in [6.45, 7) is 1.70. The van der Waals surface area contributed by atoms with E-state index in [1.165, 1.54) is 0 Å². The highest BCUT2D eigenvalue weighted by molar-refractivity contribution is 8.13. The topological polar surface area (TPSA) is 104 Å². The SMILES string of the molecule is CCOc1cc(S(=O)(=O)Cl)cc([N+](=O)[O-])c1C=O. The van der Waals surface area contributed by atoms with Gasteiger partial charge in [0.2, 0.25) is 0 Å². The number of aldehydes is 1. The molecule has 9 heteroatoms. The van der Waals surface area contributed by atoms with Crippen LogP contribution in [0, 0.1) is 10.1 Å². The van der Waals surface area contributed by atoms with Gasteiger partial charge in [-0.25, -0.2) is 8.42 Å². The Labute approximate surface area is 107 Å². The van der Waals surface area contributed by atoms with Gasteiger partial charge in [0.15, 0.2) is 6.29 Å². The number of rotatable bonds is 5. The van der Waals surface area contributed by atoms with Crippen molar-refractivity contribution < 1.29 is 22.9 Å². The Balaban J connectivity index is 3.64. The van der Waals surface area contributed by atoms with Crippen LogP contribution in [0.2, 0.25) is 0 Å². The Morgan fingerprint density at radius 2 is 2.11 bits per heavy atom. The van der Waals surface area contributed by atoms with Gasteiger partial charge >= 0.3 is 0 Å². The number of hydrogen-bond donors (Lipinski definition) is 0. The number of halogens is 1. The van der Waals surface area contributed by atoms with E-state index in [2.05, 4.69) is 0 Å². The van der Waals surface area contributed by atoms with Crippen LogP contribution in [0.5, 0.6) is 5.75 Å². The predicted octanol–water partition coefficient (Wildman–Crippen LogP) is 1.73. The molecule has 18 heavy (non-hydrogen) atoms. The van der Waals surface area contributed by atoms with E-state index in [0.717, 1.165) is 6.07 Å². The molecule has 0 amide bonds. The Morgan fingerprint density at radius 3 is 2.50 bits per heavy atom. The van der Waals surface area contributed by atoms with Gasteiger partial charge in [-0.2, -0.15) is 0 Å². The molecule has 1 aromatic carbocycles. The predicted molar refractivity (Wildman–Crippen MR) is 62.7 cm³/mol. The number of nitro groups is 1. The highest BCUT2D eigenvalue weighted by atomic mass is 35.7. The lowest BCUT2D eigenvalue weighted by Crippen LogP contribution is -2.03. The Morgan fingerprint density at radius 1 is 1.50 bits per heavy atom. The first-order valence-electron chi connectivity index (χ1n) is 4.66. The molecule has 1 aromatic rings. The van der Waals surface area contributed by atoms with E-state index in [1.807, 2.05) is 0 Å². The Hall–Kier alpha value is -1.67. The largest absolute Gasteiger partial charge is 0.493 e.